The molecule has 0 fully saturated rings. The molecule has 1 aromatic carbocycles. The lowest BCUT2D eigenvalue weighted by Crippen LogP contribution is -2.16. The third kappa shape index (κ3) is 7.72. The van der Waals surface area contributed by atoms with Crippen LogP contribution < -0.4 is 0 Å². The molecule has 2 N–H and O–H groups in total. The van der Waals surface area contributed by atoms with E-state index in [9.17, 15) is 10.4 Å². The molecule has 0 bridgehead atoms. The van der Waals surface area contributed by atoms with Crippen molar-refractivity contribution in [3.05, 3.63) is 35.4 Å². The zero-order valence-corrected chi connectivity index (χ0v) is 16.0. The van der Waals surface area contributed by atoms with Gasteiger partial charge < -0.3 is 10.4 Å². The van der Waals surface area contributed by atoms with Crippen LogP contribution in [0.25, 0.3) is 0 Å². The highest BCUT2D eigenvalue weighted by atomic mass is 16.4. The molecule has 0 aliphatic rings. The molecule has 25 heavy (non-hydrogen) atoms. The molecule has 1 aromatic rings. The number of rotatable bonds is 12. The standard InChI is InChI=1S/C21H34N2O2/c1-4-5-6-7-8-9-10-11-12-20(22-24)21(23-25)19-15-13-18(14-16-19)17(2)3/h13-17,24-25H,4-12H2,1-3H3/b22-20+,23-21+. The second kappa shape index (κ2) is 12.5. The minimum atomic E-state index is 0.362. The molecule has 140 valence electrons. The minimum Gasteiger partial charge on any atom is -0.411 e. The smallest absolute Gasteiger partial charge is 0.134 e. The Labute approximate surface area is 152 Å². The summed E-state index contributed by atoms with van der Waals surface area (Å²) in [5, 5.41) is 25.5. The van der Waals surface area contributed by atoms with E-state index < -0.39 is 0 Å². The summed E-state index contributed by atoms with van der Waals surface area (Å²) in [4.78, 5) is 0. The van der Waals surface area contributed by atoms with E-state index in [1.54, 1.807) is 0 Å². The molecule has 1 rings (SSSR count). The first-order chi connectivity index (χ1) is 12.1. The average Bonchev–Trinajstić information content (AvgIpc) is 2.63. The Morgan fingerprint density at radius 2 is 1.40 bits per heavy atom. The van der Waals surface area contributed by atoms with Crippen molar-refractivity contribution < 1.29 is 10.4 Å². The predicted octanol–water partition coefficient (Wildman–Crippen LogP) is 6.35. The van der Waals surface area contributed by atoms with E-state index in [0.717, 1.165) is 18.4 Å². The fourth-order valence-corrected chi connectivity index (χ4v) is 2.95. The fraction of sp³-hybridized carbons (Fsp3) is 0.619. The van der Waals surface area contributed by atoms with Gasteiger partial charge in [-0.1, -0.05) is 100 Å². The number of unbranched alkanes of at least 4 members (excludes halogenated alkanes) is 7. The second-order valence-corrected chi connectivity index (χ2v) is 7.00. The van der Waals surface area contributed by atoms with E-state index in [-0.39, 0.29) is 0 Å². The summed E-state index contributed by atoms with van der Waals surface area (Å²) in [7, 11) is 0. The molecular weight excluding hydrogens is 312 g/mol. The van der Waals surface area contributed by atoms with Gasteiger partial charge in [-0.25, -0.2) is 0 Å². The Morgan fingerprint density at radius 1 is 0.840 bits per heavy atom. The Morgan fingerprint density at radius 3 is 1.88 bits per heavy atom. The monoisotopic (exact) mass is 346 g/mol. The van der Waals surface area contributed by atoms with Gasteiger partial charge >= 0.3 is 0 Å². The third-order valence-corrected chi connectivity index (χ3v) is 4.61. The van der Waals surface area contributed by atoms with E-state index in [0.29, 0.717) is 23.8 Å². The lowest BCUT2D eigenvalue weighted by atomic mass is 9.97. The largest absolute Gasteiger partial charge is 0.411 e. The second-order valence-electron chi connectivity index (χ2n) is 7.00. The Hall–Kier alpha value is -1.84. The van der Waals surface area contributed by atoms with Crippen LogP contribution >= 0.6 is 0 Å². The van der Waals surface area contributed by atoms with Gasteiger partial charge in [0, 0.05) is 5.56 Å². The summed E-state index contributed by atoms with van der Waals surface area (Å²) >= 11 is 0. The van der Waals surface area contributed by atoms with Crippen LogP contribution in [0.1, 0.15) is 95.6 Å². The lowest BCUT2D eigenvalue weighted by Gasteiger charge is -2.10. The van der Waals surface area contributed by atoms with Gasteiger partial charge in [0.05, 0.1) is 0 Å². The van der Waals surface area contributed by atoms with Crippen LogP contribution in [0, 0.1) is 0 Å². The first-order valence-electron chi connectivity index (χ1n) is 9.67. The normalized spacial score (nSPS) is 12.8. The molecule has 0 saturated carbocycles. The van der Waals surface area contributed by atoms with Crippen LogP contribution in [0.4, 0.5) is 0 Å². The molecule has 0 radical (unpaired) electrons. The molecular formula is C21H34N2O2. The van der Waals surface area contributed by atoms with Gasteiger partial charge in [-0.15, -0.1) is 0 Å². The first-order valence-corrected chi connectivity index (χ1v) is 9.67. The molecule has 4 heteroatoms. The summed E-state index contributed by atoms with van der Waals surface area (Å²) in [6.45, 7) is 6.50. The van der Waals surface area contributed by atoms with Crippen molar-refractivity contribution in [2.24, 2.45) is 10.3 Å². The molecule has 0 heterocycles. The van der Waals surface area contributed by atoms with Crippen molar-refractivity contribution >= 4 is 11.4 Å². The van der Waals surface area contributed by atoms with Gasteiger partial charge in [-0.05, 0) is 24.3 Å². The van der Waals surface area contributed by atoms with Crippen molar-refractivity contribution in [3.8, 4) is 0 Å². The van der Waals surface area contributed by atoms with E-state index in [1.165, 1.54) is 44.1 Å². The van der Waals surface area contributed by atoms with Crippen LogP contribution in [0.3, 0.4) is 0 Å². The molecule has 0 aliphatic carbocycles. The van der Waals surface area contributed by atoms with Gasteiger partial charge in [0.15, 0.2) is 0 Å². The minimum absolute atomic E-state index is 0.362. The predicted molar refractivity (Wildman–Crippen MR) is 105 cm³/mol. The fourth-order valence-electron chi connectivity index (χ4n) is 2.95. The number of benzene rings is 1. The third-order valence-electron chi connectivity index (χ3n) is 4.61. The van der Waals surface area contributed by atoms with Crippen LogP contribution in [0.15, 0.2) is 34.6 Å². The van der Waals surface area contributed by atoms with Gasteiger partial charge in [0.25, 0.3) is 0 Å². The zero-order valence-electron chi connectivity index (χ0n) is 16.0. The number of oxime groups is 2. The highest BCUT2D eigenvalue weighted by Crippen LogP contribution is 2.17. The highest BCUT2D eigenvalue weighted by Gasteiger charge is 2.14. The topological polar surface area (TPSA) is 65.2 Å². The van der Waals surface area contributed by atoms with Gasteiger partial charge in [0.2, 0.25) is 0 Å². The Bertz CT molecular complexity index is 533. The summed E-state index contributed by atoms with van der Waals surface area (Å²) in [5.41, 5.74) is 2.82. The maximum absolute atomic E-state index is 9.38. The number of hydrogen-bond donors (Lipinski definition) is 2. The molecule has 0 saturated heterocycles. The van der Waals surface area contributed by atoms with Gasteiger partial charge in [-0.2, -0.15) is 0 Å². The summed E-state index contributed by atoms with van der Waals surface area (Å²) in [6, 6.07) is 7.89. The number of nitrogens with zero attached hydrogens (tertiary/aromatic N) is 2. The summed E-state index contributed by atoms with van der Waals surface area (Å²) < 4.78 is 0. The van der Waals surface area contributed by atoms with Crippen molar-refractivity contribution in [1.82, 2.24) is 0 Å². The summed E-state index contributed by atoms with van der Waals surface area (Å²) in [6.07, 6.45) is 10.4. The molecule has 0 aliphatic heterocycles. The molecule has 0 atom stereocenters. The lowest BCUT2D eigenvalue weighted by molar-refractivity contribution is 0.313. The maximum atomic E-state index is 9.38. The summed E-state index contributed by atoms with van der Waals surface area (Å²) in [5.74, 6) is 0.451. The van der Waals surface area contributed by atoms with Gasteiger partial charge in [-0.3, -0.25) is 0 Å². The number of hydrogen-bond acceptors (Lipinski definition) is 4. The average molecular weight is 347 g/mol. The van der Waals surface area contributed by atoms with Crippen molar-refractivity contribution in [2.75, 3.05) is 0 Å². The van der Waals surface area contributed by atoms with Crippen molar-refractivity contribution in [3.63, 3.8) is 0 Å². The zero-order chi connectivity index (χ0) is 18.5. The molecule has 0 aromatic heterocycles. The molecule has 0 spiro atoms. The van der Waals surface area contributed by atoms with Crippen LogP contribution in [-0.2, 0) is 0 Å². The van der Waals surface area contributed by atoms with E-state index in [2.05, 4.69) is 31.1 Å². The van der Waals surface area contributed by atoms with E-state index >= 15 is 0 Å². The van der Waals surface area contributed by atoms with Crippen molar-refractivity contribution in [2.45, 2.75) is 84.5 Å². The Balaban J connectivity index is 2.48. The SMILES string of the molecule is CCCCCCCCCCC(=N\O)/C(=N/O)c1ccc(C(C)C)cc1. The molecule has 0 amide bonds. The highest BCUT2D eigenvalue weighted by molar-refractivity contribution is 6.48. The van der Waals surface area contributed by atoms with Crippen molar-refractivity contribution in [1.29, 1.82) is 0 Å². The quantitative estimate of drug-likeness (QED) is 0.200. The van der Waals surface area contributed by atoms with E-state index in [4.69, 9.17) is 0 Å². The van der Waals surface area contributed by atoms with E-state index in [1.807, 2.05) is 24.3 Å². The molecule has 0 unspecified atom stereocenters. The first kappa shape index (κ1) is 21.2. The maximum Gasteiger partial charge on any atom is 0.134 e. The van der Waals surface area contributed by atoms with Gasteiger partial charge in [0.1, 0.15) is 11.4 Å². The Kier molecular flexibility index (Phi) is 10.6. The van der Waals surface area contributed by atoms with Crippen LogP contribution in [0.5, 0.6) is 0 Å². The van der Waals surface area contributed by atoms with Crippen LogP contribution in [0.2, 0.25) is 0 Å². The van der Waals surface area contributed by atoms with Crippen LogP contribution in [-0.4, -0.2) is 21.8 Å². The molecule has 4 nitrogen and oxygen atoms in total.